The lowest BCUT2D eigenvalue weighted by molar-refractivity contribution is -0.155. The lowest BCUT2D eigenvalue weighted by Crippen LogP contribution is -2.38. The number of carbonyl (C=O) groups excluding carboxylic acids is 2. The number of hydrogen-bond donors (Lipinski definition) is 0. The minimum absolute atomic E-state index is 0.0554. The van der Waals surface area contributed by atoms with Crippen molar-refractivity contribution in [3.63, 3.8) is 0 Å². The maximum Gasteiger partial charge on any atom is 0.308 e. The van der Waals surface area contributed by atoms with Gasteiger partial charge in [-0.1, -0.05) is 17.7 Å². The molecule has 1 fully saturated rings. The zero-order valence-corrected chi connectivity index (χ0v) is 19.9. The van der Waals surface area contributed by atoms with E-state index in [1.807, 2.05) is 6.07 Å². The molecule has 0 radical (unpaired) electrons. The number of amides is 1. The molecule has 182 valence electrons. The Labute approximate surface area is 206 Å². The van der Waals surface area contributed by atoms with E-state index in [-0.39, 0.29) is 40.8 Å². The van der Waals surface area contributed by atoms with Crippen LogP contribution in [0.5, 0.6) is 5.75 Å². The van der Waals surface area contributed by atoms with Crippen LogP contribution in [0.4, 0.5) is 5.88 Å². The van der Waals surface area contributed by atoms with Crippen LogP contribution in [0.1, 0.15) is 28.8 Å². The van der Waals surface area contributed by atoms with E-state index in [0.29, 0.717) is 60.7 Å². The fourth-order valence-corrected chi connectivity index (χ4v) is 4.68. The maximum absolute atomic E-state index is 13.2. The molecule has 2 aliphatic rings. The number of halogens is 1. The molecule has 0 N–H and O–H groups in total. The Kier molecular flexibility index (Phi) is 6.49. The summed E-state index contributed by atoms with van der Waals surface area (Å²) < 4.78 is 22.1. The standard InChI is InChI=1S/C26H24ClNO7/c1-32-26(31)16-12-18(13-16)34-10-9-33-17-5-6-19-15(11-17)7-8-28(25(19)30)23-14-22(29)20-3-2-4-21(27)24(20)35-23/h2-6,11,14,16,18H,7-10,12-13H2,1H3. The van der Waals surface area contributed by atoms with Gasteiger partial charge >= 0.3 is 5.97 Å². The molecule has 3 aromatic rings. The molecule has 1 aliphatic heterocycles. The molecule has 8 nitrogen and oxygen atoms in total. The number of benzene rings is 2. The van der Waals surface area contributed by atoms with E-state index in [2.05, 4.69) is 0 Å². The molecule has 2 heterocycles. The molecule has 9 heteroatoms. The number of nitrogens with zero attached hydrogens (tertiary/aromatic N) is 1. The second kappa shape index (κ2) is 9.71. The molecule has 35 heavy (non-hydrogen) atoms. The molecular formula is C26H24ClNO7. The van der Waals surface area contributed by atoms with Gasteiger partial charge in [-0.25, -0.2) is 0 Å². The second-order valence-electron chi connectivity index (χ2n) is 8.62. The minimum atomic E-state index is -0.254. The number of esters is 1. The first-order valence-corrected chi connectivity index (χ1v) is 11.8. The van der Waals surface area contributed by atoms with Crippen molar-refractivity contribution in [2.75, 3.05) is 31.8 Å². The third-order valence-corrected chi connectivity index (χ3v) is 6.75. The molecule has 0 bridgehead atoms. The third-order valence-electron chi connectivity index (χ3n) is 6.45. The van der Waals surface area contributed by atoms with Crippen LogP contribution in [0.25, 0.3) is 11.0 Å². The highest BCUT2D eigenvalue weighted by Crippen LogP contribution is 2.32. The van der Waals surface area contributed by atoms with Crippen LogP contribution in [0, 0.1) is 5.92 Å². The summed E-state index contributed by atoms with van der Waals surface area (Å²) in [6.45, 7) is 1.13. The Hall–Kier alpha value is -3.36. The number of methoxy groups -OCH3 is 1. The number of rotatable bonds is 7. The molecule has 1 saturated carbocycles. The van der Waals surface area contributed by atoms with Crippen LogP contribution in [-0.2, 0) is 20.7 Å². The van der Waals surface area contributed by atoms with Crippen molar-refractivity contribution in [2.24, 2.45) is 5.92 Å². The first-order valence-electron chi connectivity index (χ1n) is 11.4. The van der Waals surface area contributed by atoms with E-state index in [1.54, 1.807) is 30.3 Å². The van der Waals surface area contributed by atoms with Crippen LogP contribution in [0.2, 0.25) is 5.02 Å². The SMILES string of the molecule is COC(=O)C1CC(OCCOc2ccc3c(c2)CCN(c2cc(=O)c4cccc(Cl)c4o2)C3=O)C1. The van der Waals surface area contributed by atoms with Gasteiger partial charge in [-0.3, -0.25) is 19.3 Å². The molecule has 2 aromatic carbocycles. The predicted octanol–water partition coefficient (Wildman–Crippen LogP) is 4.00. The van der Waals surface area contributed by atoms with Crippen LogP contribution < -0.4 is 15.1 Å². The molecule has 0 spiro atoms. The summed E-state index contributed by atoms with van der Waals surface area (Å²) in [5, 5.41) is 0.690. The number of carbonyl (C=O) groups is 2. The Morgan fingerprint density at radius 1 is 1.14 bits per heavy atom. The van der Waals surface area contributed by atoms with Crippen molar-refractivity contribution in [3.05, 3.63) is 68.8 Å². The van der Waals surface area contributed by atoms with Gasteiger partial charge in [0.1, 0.15) is 12.4 Å². The minimum Gasteiger partial charge on any atom is -0.491 e. The molecule has 0 saturated heterocycles. The van der Waals surface area contributed by atoms with Gasteiger partial charge in [0.05, 0.1) is 36.1 Å². The monoisotopic (exact) mass is 497 g/mol. The van der Waals surface area contributed by atoms with Gasteiger partial charge < -0.3 is 18.6 Å². The Morgan fingerprint density at radius 3 is 2.77 bits per heavy atom. The van der Waals surface area contributed by atoms with Gasteiger partial charge in [0, 0.05) is 18.2 Å². The van der Waals surface area contributed by atoms with E-state index in [0.717, 1.165) is 5.56 Å². The summed E-state index contributed by atoms with van der Waals surface area (Å²) >= 11 is 6.20. The number of para-hydroxylation sites is 1. The highest BCUT2D eigenvalue weighted by Gasteiger charge is 2.36. The first kappa shape index (κ1) is 23.4. The van der Waals surface area contributed by atoms with Crippen molar-refractivity contribution in [1.29, 1.82) is 0 Å². The Bertz CT molecular complexity index is 1350. The quantitative estimate of drug-likeness (QED) is 0.359. The van der Waals surface area contributed by atoms with Gasteiger partial charge in [0.2, 0.25) is 5.88 Å². The Morgan fingerprint density at radius 2 is 1.97 bits per heavy atom. The molecular weight excluding hydrogens is 474 g/mol. The lowest BCUT2D eigenvalue weighted by atomic mass is 9.82. The third kappa shape index (κ3) is 4.63. The van der Waals surface area contributed by atoms with E-state index < -0.39 is 0 Å². The summed E-state index contributed by atoms with van der Waals surface area (Å²) in [6.07, 6.45) is 1.98. The topological polar surface area (TPSA) is 95.3 Å². The summed E-state index contributed by atoms with van der Waals surface area (Å²) in [7, 11) is 1.39. The number of ether oxygens (including phenoxy) is 3. The van der Waals surface area contributed by atoms with Crippen LogP contribution in [0.3, 0.4) is 0 Å². The van der Waals surface area contributed by atoms with Gasteiger partial charge in [0.25, 0.3) is 5.91 Å². The number of hydrogen-bond acceptors (Lipinski definition) is 7. The average molecular weight is 498 g/mol. The van der Waals surface area contributed by atoms with E-state index >= 15 is 0 Å². The molecule has 5 rings (SSSR count). The summed E-state index contributed by atoms with van der Waals surface area (Å²) in [6, 6.07) is 11.6. The number of fused-ring (bicyclic) bond motifs is 2. The zero-order chi connectivity index (χ0) is 24.5. The fourth-order valence-electron chi connectivity index (χ4n) is 4.46. The molecule has 0 unspecified atom stereocenters. The van der Waals surface area contributed by atoms with Crippen molar-refractivity contribution in [2.45, 2.75) is 25.4 Å². The highest BCUT2D eigenvalue weighted by molar-refractivity contribution is 6.34. The van der Waals surface area contributed by atoms with Crippen molar-refractivity contribution >= 4 is 40.3 Å². The van der Waals surface area contributed by atoms with Crippen LogP contribution >= 0.6 is 11.6 Å². The largest absolute Gasteiger partial charge is 0.491 e. The molecule has 1 amide bonds. The number of anilines is 1. The molecule has 0 atom stereocenters. The van der Waals surface area contributed by atoms with E-state index in [9.17, 15) is 14.4 Å². The van der Waals surface area contributed by atoms with E-state index in [4.69, 9.17) is 30.2 Å². The van der Waals surface area contributed by atoms with Crippen LogP contribution in [0.15, 0.2) is 51.7 Å². The Balaban J connectivity index is 1.21. The summed E-state index contributed by atoms with van der Waals surface area (Å²) in [5.74, 6) is 0.326. The predicted molar refractivity (Wildman–Crippen MR) is 129 cm³/mol. The molecule has 1 aromatic heterocycles. The maximum atomic E-state index is 13.2. The van der Waals surface area contributed by atoms with E-state index in [1.165, 1.54) is 18.1 Å². The first-order chi connectivity index (χ1) is 16.9. The second-order valence-corrected chi connectivity index (χ2v) is 9.03. The van der Waals surface area contributed by atoms with Crippen LogP contribution in [-0.4, -0.2) is 44.8 Å². The summed E-state index contributed by atoms with van der Waals surface area (Å²) in [5.41, 5.74) is 1.41. The molecule has 1 aliphatic carbocycles. The van der Waals surface area contributed by atoms with Gasteiger partial charge in [-0.05, 0) is 55.2 Å². The van der Waals surface area contributed by atoms with Crippen molar-refractivity contribution in [3.8, 4) is 5.75 Å². The summed E-state index contributed by atoms with van der Waals surface area (Å²) in [4.78, 5) is 38.6. The van der Waals surface area contributed by atoms with Gasteiger partial charge in [0.15, 0.2) is 11.0 Å². The van der Waals surface area contributed by atoms with Crippen molar-refractivity contribution < 1.29 is 28.2 Å². The fraction of sp³-hybridized carbons (Fsp3) is 0.346. The van der Waals surface area contributed by atoms with Gasteiger partial charge in [-0.2, -0.15) is 0 Å². The average Bonchev–Trinajstić information content (AvgIpc) is 2.83. The van der Waals surface area contributed by atoms with Gasteiger partial charge in [-0.15, -0.1) is 0 Å². The normalized spacial score (nSPS) is 19.3. The lowest BCUT2D eigenvalue weighted by Gasteiger charge is -2.32. The highest BCUT2D eigenvalue weighted by atomic mass is 35.5. The zero-order valence-electron chi connectivity index (χ0n) is 19.1. The smallest absolute Gasteiger partial charge is 0.308 e. The van der Waals surface area contributed by atoms with Crippen molar-refractivity contribution in [1.82, 2.24) is 0 Å².